The molecule has 1 aromatic rings. The van der Waals surface area contributed by atoms with Crippen LogP contribution in [0.3, 0.4) is 0 Å². The Morgan fingerprint density at radius 2 is 2.10 bits per heavy atom. The minimum Gasteiger partial charge on any atom is -0.461 e. The van der Waals surface area contributed by atoms with Crippen molar-refractivity contribution in [3.63, 3.8) is 0 Å². The average Bonchev–Trinajstić information content (AvgIpc) is 2.81. The van der Waals surface area contributed by atoms with Gasteiger partial charge in [-0.15, -0.1) is 11.3 Å². The number of carbonyl (C=O) groups excluding carboxylic acids is 2. The maximum Gasteiger partial charge on any atom is 0.407 e. The zero-order valence-corrected chi connectivity index (χ0v) is 13.7. The Balaban J connectivity index is 2.27. The van der Waals surface area contributed by atoms with Crippen molar-refractivity contribution in [1.29, 1.82) is 0 Å². The molecule has 1 heterocycles. The number of thiazole rings is 1. The molecule has 0 aliphatic rings. The number of rotatable bonds is 6. The van der Waals surface area contributed by atoms with Crippen LogP contribution >= 0.6 is 11.3 Å². The molecule has 0 atom stereocenters. The third-order valence-corrected chi connectivity index (χ3v) is 3.18. The van der Waals surface area contributed by atoms with Crippen molar-refractivity contribution in [2.75, 3.05) is 13.2 Å². The van der Waals surface area contributed by atoms with Crippen molar-refractivity contribution in [3.8, 4) is 0 Å². The first kappa shape index (κ1) is 17.4. The van der Waals surface area contributed by atoms with E-state index in [0.29, 0.717) is 25.3 Å². The molecule has 0 bridgehead atoms. The van der Waals surface area contributed by atoms with Crippen LogP contribution in [-0.4, -0.2) is 35.8 Å². The Labute approximate surface area is 128 Å². The molecule has 1 amide bonds. The van der Waals surface area contributed by atoms with Gasteiger partial charge in [0.2, 0.25) is 0 Å². The molecule has 0 aromatic carbocycles. The largest absolute Gasteiger partial charge is 0.461 e. The van der Waals surface area contributed by atoms with E-state index in [9.17, 15) is 9.59 Å². The summed E-state index contributed by atoms with van der Waals surface area (Å²) in [6.07, 6.45) is 1.00. The quantitative estimate of drug-likeness (QED) is 0.645. The minimum absolute atomic E-state index is 0.339. The predicted molar refractivity (Wildman–Crippen MR) is 80.6 cm³/mol. The Morgan fingerprint density at radius 1 is 1.38 bits per heavy atom. The molecule has 0 spiro atoms. The summed E-state index contributed by atoms with van der Waals surface area (Å²) in [7, 11) is 0. The lowest BCUT2D eigenvalue weighted by atomic mass is 10.2. The summed E-state index contributed by atoms with van der Waals surface area (Å²) in [5.41, 5.74) is -0.148. The van der Waals surface area contributed by atoms with E-state index in [1.54, 1.807) is 12.3 Å². The van der Waals surface area contributed by atoms with Gasteiger partial charge in [0.25, 0.3) is 0 Å². The van der Waals surface area contributed by atoms with Gasteiger partial charge in [0.15, 0.2) is 5.69 Å². The molecule has 6 nitrogen and oxygen atoms in total. The lowest BCUT2D eigenvalue weighted by molar-refractivity contribution is 0.0513. The first-order valence-electron chi connectivity index (χ1n) is 6.90. The molecular weight excluding hydrogens is 292 g/mol. The molecule has 0 unspecified atom stereocenters. The van der Waals surface area contributed by atoms with E-state index in [2.05, 4.69) is 10.3 Å². The number of amides is 1. The van der Waals surface area contributed by atoms with E-state index in [4.69, 9.17) is 9.47 Å². The van der Waals surface area contributed by atoms with E-state index in [1.807, 2.05) is 20.8 Å². The number of esters is 1. The van der Waals surface area contributed by atoms with E-state index in [0.717, 1.165) is 11.4 Å². The molecule has 0 saturated carbocycles. The lowest BCUT2D eigenvalue weighted by Crippen LogP contribution is -2.33. The van der Waals surface area contributed by atoms with Gasteiger partial charge in [0, 0.05) is 18.3 Å². The molecule has 21 heavy (non-hydrogen) atoms. The highest BCUT2D eigenvalue weighted by atomic mass is 32.1. The van der Waals surface area contributed by atoms with Gasteiger partial charge in [-0.25, -0.2) is 14.6 Å². The summed E-state index contributed by atoms with van der Waals surface area (Å²) >= 11 is 1.42. The van der Waals surface area contributed by atoms with E-state index < -0.39 is 17.7 Å². The SMILES string of the molecule is CCOC(=O)c1csc(CCCNC(=O)OC(C)(C)C)n1. The van der Waals surface area contributed by atoms with Crippen LogP contribution in [0.5, 0.6) is 0 Å². The van der Waals surface area contributed by atoms with Gasteiger partial charge < -0.3 is 14.8 Å². The molecule has 1 rings (SSSR count). The van der Waals surface area contributed by atoms with Gasteiger partial charge in [-0.2, -0.15) is 0 Å². The molecule has 1 N–H and O–H groups in total. The monoisotopic (exact) mass is 314 g/mol. The van der Waals surface area contributed by atoms with E-state index in [1.165, 1.54) is 11.3 Å². The number of nitrogens with zero attached hydrogens (tertiary/aromatic N) is 1. The number of aryl methyl sites for hydroxylation is 1. The molecule has 0 radical (unpaired) electrons. The number of alkyl carbamates (subject to hydrolysis) is 1. The second-order valence-corrected chi connectivity index (χ2v) is 6.32. The maximum atomic E-state index is 11.5. The van der Waals surface area contributed by atoms with Crippen LogP contribution in [0.2, 0.25) is 0 Å². The Hall–Kier alpha value is -1.63. The summed E-state index contributed by atoms with van der Waals surface area (Å²) in [6, 6.07) is 0. The van der Waals surface area contributed by atoms with Gasteiger partial charge in [-0.3, -0.25) is 0 Å². The minimum atomic E-state index is -0.492. The topological polar surface area (TPSA) is 77.5 Å². The molecule has 7 heteroatoms. The van der Waals surface area contributed by atoms with Crippen molar-refractivity contribution in [2.24, 2.45) is 0 Å². The van der Waals surface area contributed by atoms with Gasteiger partial charge in [0.1, 0.15) is 5.60 Å². The van der Waals surface area contributed by atoms with E-state index >= 15 is 0 Å². The second-order valence-electron chi connectivity index (χ2n) is 5.38. The van der Waals surface area contributed by atoms with Crippen molar-refractivity contribution in [1.82, 2.24) is 10.3 Å². The number of aromatic nitrogens is 1. The zero-order chi connectivity index (χ0) is 15.9. The normalized spacial score (nSPS) is 11.0. The maximum absolute atomic E-state index is 11.5. The average molecular weight is 314 g/mol. The number of nitrogens with one attached hydrogen (secondary N) is 1. The van der Waals surface area contributed by atoms with Crippen molar-refractivity contribution >= 4 is 23.4 Å². The zero-order valence-electron chi connectivity index (χ0n) is 12.9. The molecule has 0 aliphatic heterocycles. The van der Waals surface area contributed by atoms with Gasteiger partial charge >= 0.3 is 12.1 Å². The second kappa shape index (κ2) is 7.97. The number of carbonyl (C=O) groups is 2. The number of ether oxygens (including phenoxy) is 2. The fraction of sp³-hybridized carbons (Fsp3) is 0.643. The highest BCUT2D eigenvalue weighted by molar-refractivity contribution is 7.09. The Kier molecular flexibility index (Phi) is 6.61. The van der Waals surface area contributed by atoms with Crippen LogP contribution in [0, 0.1) is 0 Å². The Morgan fingerprint density at radius 3 is 2.71 bits per heavy atom. The predicted octanol–water partition coefficient (Wildman–Crippen LogP) is 2.78. The van der Waals surface area contributed by atoms with Crippen LogP contribution in [-0.2, 0) is 15.9 Å². The summed E-state index contributed by atoms with van der Waals surface area (Å²) in [5.74, 6) is -0.396. The van der Waals surface area contributed by atoms with Crippen LogP contribution < -0.4 is 5.32 Å². The third kappa shape index (κ3) is 7.08. The van der Waals surface area contributed by atoms with Gasteiger partial charge in [-0.05, 0) is 34.1 Å². The van der Waals surface area contributed by atoms with Crippen LogP contribution in [0.15, 0.2) is 5.38 Å². The summed E-state index contributed by atoms with van der Waals surface area (Å²) in [5, 5.41) is 5.22. The van der Waals surface area contributed by atoms with Crippen LogP contribution in [0.1, 0.15) is 49.6 Å². The van der Waals surface area contributed by atoms with Crippen molar-refractivity contribution in [3.05, 3.63) is 16.1 Å². The lowest BCUT2D eigenvalue weighted by Gasteiger charge is -2.19. The van der Waals surface area contributed by atoms with Crippen LogP contribution in [0.4, 0.5) is 4.79 Å². The number of hydrogen-bond acceptors (Lipinski definition) is 6. The van der Waals surface area contributed by atoms with Gasteiger partial charge in [-0.1, -0.05) is 0 Å². The highest BCUT2D eigenvalue weighted by Gasteiger charge is 2.15. The fourth-order valence-corrected chi connectivity index (χ4v) is 2.28. The molecule has 0 aliphatic carbocycles. The Bertz CT molecular complexity index is 480. The molecule has 0 saturated heterocycles. The standard InChI is InChI=1S/C14H22N2O4S/c1-5-19-12(17)10-9-21-11(16-10)7-6-8-15-13(18)20-14(2,3)4/h9H,5-8H2,1-4H3,(H,15,18). The molecule has 1 aromatic heterocycles. The number of hydrogen-bond donors (Lipinski definition) is 1. The first-order valence-corrected chi connectivity index (χ1v) is 7.78. The fourth-order valence-electron chi connectivity index (χ4n) is 1.47. The van der Waals surface area contributed by atoms with E-state index in [-0.39, 0.29) is 0 Å². The molecule has 118 valence electrons. The smallest absolute Gasteiger partial charge is 0.407 e. The van der Waals surface area contributed by atoms with Gasteiger partial charge in [0.05, 0.1) is 11.6 Å². The van der Waals surface area contributed by atoms with Crippen molar-refractivity contribution in [2.45, 2.75) is 46.1 Å². The third-order valence-electron chi connectivity index (χ3n) is 2.27. The summed E-state index contributed by atoms with van der Waals surface area (Å²) in [4.78, 5) is 27.1. The van der Waals surface area contributed by atoms with Crippen LogP contribution in [0.25, 0.3) is 0 Å². The highest BCUT2D eigenvalue weighted by Crippen LogP contribution is 2.12. The molecule has 0 fully saturated rings. The molecular formula is C14H22N2O4S. The summed E-state index contributed by atoms with van der Waals surface area (Å²) in [6.45, 7) is 8.05. The summed E-state index contributed by atoms with van der Waals surface area (Å²) < 4.78 is 10.0. The first-order chi connectivity index (χ1) is 9.81. The van der Waals surface area contributed by atoms with Crippen molar-refractivity contribution < 1.29 is 19.1 Å².